The number of rotatable bonds is 4. The molecular weight excluding hydrogens is 216 g/mol. The Hall–Kier alpha value is -2.30. The molecule has 0 bridgehead atoms. The number of phenols is 1. The van der Waals surface area contributed by atoms with Gasteiger partial charge in [0, 0.05) is 19.2 Å². The molecule has 0 fully saturated rings. The van der Waals surface area contributed by atoms with Gasteiger partial charge in [0.2, 0.25) is 0 Å². The van der Waals surface area contributed by atoms with E-state index in [9.17, 15) is 5.11 Å². The Kier molecular flexibility index (Phi) is 3.40. The first-order chi connectivity index (χ1) is 8.25. The summed E-state index contributed by atoms with van der Waals surface area (Å²) in [5, 5.41) is 12.6. The van der Waals surface area contributed by atoms with Gasteiger partial charge in [-0.2, -0.15) is 0 Å². The molecule has 5 nitrogen and oxygen atoms in total. The lowest BCUT2D eigenvalue weighted by molar-refractivity contribution is 0.477. The van der Waals surface area contributed by atoms with Crippen molar-refractivity contribution in [2.45, 2.75) is 6.42 Å². The Bertz CT molecular complexity index is 501. The van der Waals surface area contributed by atoms with Gasteiger partial charge < -0.3 is 16.2 Å². The number of anilines is 2. The standard InChI is InChI=1S/C12H14N4O/c13-11-5-7-15-12(16-11)6-8-14-9-3-1-2-4-10(9)17/h1-5,7,14,17H,6,8H2,(H2,13,15,16). The van der Waals surface area contributed by atoms with Gasteiger partial charge in [-0.25, -0.2) is 9.97 Å². The molecule has 1 heterocycles. The van der Waals surface area contributed by atoms with Crippen molar-refractivity contribution >= 4 is 11.5 Å². The molecule has 88 valence electrons. The van der Waals surface area contributed by atoms with Crippen LogP contribution in [-0.2, 0) is 6.42 Å². The number of aromatic hydroxyl groups is 1. The molecule has 2 rings (SSSR count). The highest BCUT2D eigenvalue weighted by atomic mass is 16.3. The summed E-state index contributed by atoms with van der Waals surface area (Å²) in [6.07, 6.45) is 2.29. The van der Waals surface area contributed by atoms with Crippen molar-refractivity contribution in [2.75, 3.05) is 17.6 Å². The quantitative estimate of drug-likeness (QED) is 0.692. The Labute approximate surface area is 99.3 Å². The van der Waals surface area contributed by atoms with Crippen molar-refractivity contribution in [3.63, 3.8) is 0 Å². The van der Waals surface area contributed by atoms with E-state index in [1.807, 2.05) is 12.1 Å². The van der Waals surface area contributed by atoms with Crippen LogP contribution in [0.2, 0.25) is 0 Å². The predicted molar refractivity (Wildman–Crippen MR) is 66.7 cm³/mol. The van der Waals surface area contributed by atoms with Crippen LogP contribution < -0.4 is 11.1 Å². The van der Waals surface area contributed by atoms with Crippen molar-refractivity contribution in [2.24, 2.45) is 0 Å². The molecule has 0 aliphatic rings. The van der Waals surface area contributed by atoms with Gasteiger partial charge >= 0.3 is 0 Å². The van der Waals surface area contributed by atoms with E-state index in [2.05, 4.69) is 15.3 Å². The summed E-state index contributed by atoms with van der Waals surface area (Å²) < 4.78 is 0. The summed E-state index contributed by atoms with van der Waals surface area (Å²) in [6, 6.07) is 8.75. The predicted octanol–water partition coefficient (Wildman–Crippen LogP) is 1.42. The smallest absolute Gasteiger partial charge is 0.138 e. The number of benzene rings is 1. The van der Waals surface area contributed by atoms with E-state index < -0.39 is 0 Å². The Balaban J connectivity index is 1.90. The third-order valence-electron chi connectivity index (χ3n) is 2.30. The first kappa shape index (κ1) is 11.2. The number of hydrogen-bond donors (Lipinski definition) is 3. The summed E-state index contributed by atoms with van der Waals surface area (Å²) in [6.45, 7) is 0.640. The summed E-state index contributed by atoms with van der Waals surface area (Å²) in [5.74, 6) is 1.39. The van der Waals surface area contributed by atoms with E-state index in [0.29, 0.717) is 30.3 Å². The van der Waals surface area contributed by atoms with E-state index in [4.69, 9.17) is 5.73 Å². The van der Waals surface area contributed by atoms with E-state index >= 15 is 0 Å². The molecule has 0 amide bonds. The molecular formula is C12H14N4O. The molecule has 0 spiro atoms. The van der Waals surface area contributed by atoms with Gasteiger partial charge in [-0.1, -0.05) is 12.1 Å². The molecule has 4 N–H and O–H groups in total. The monoisotopic (exact) mass is 230 g/mol. The maximum atomic E-state index is 9.54. The van der Waals surface area contributed by atoms with Crippen LogP contribution in [0.3, 0.4) is 0 Å². The fourth-order valence-electron chi connectivity index (χ4n) is 1.47. The number of nitrogens with one attached hydrogen (secondary N) is 1. The number of hydrogen-bond acceptors (Lipinski definition) is 5. The van der Waals surface area contributed by atoms with E-state index in [1.54, 1.807) is 24.4 Å². The van der Waals surface area contributed by atoms with Gasteiger partial charge in [-0.15, -0.1) is 0 Å². The van der Waals surface area contributed by atoms with E-state index in [1.165, 1.54) is 0 Å². The van der Waals surface area contributed by atoms with Crippen LogP contribution in [0, 0.1) is 0 Å². The van der Waals surface area contributed by atoms with Crippen molar-refractivity contribution in [1.29, 1.82) is 0 Å². The minimum atomic E-state index is 0.237. The Morgan fingerprint density at radius 1 is 1.24 bits per heavy atom. The molecule has 0 radical (unpaired) electrons. The van der Waals surface area contributed by atoms with Crippen LogP contribution in [-0.4, -0.2) is 21.6 Å². The SMILES string of the molecule is Nc1ccnc(CCNc2ccccc2O)n1. The summed E-state index contributed by atoms with van der Waals surface area (Å²) in [4.78, 5) is 8.19. The normalized spacial score (nSPS) is 10.1. The molecule has 1 aromatic heterocycles. The molecule has 2 aromatic rings. The molecule has 0 aliphatic carbocycles. The van der Waals surface area contributed by atoms with Crippen LogP contribution in [0.25, 0.3) is 0 Å². The lowest BCUT2D eigenvalue weighted by atomic mass is 10.3. The van der Waals surface area contributed by atoms with E-state index in [0.717, 1.165) is 0 Å². The average Bonchev–Trinajstić information content (AvgIpc) is 2.32. The van der Waals surface area contributed by atoms with Crippen LogP contribution in [0.1, 0.15) is 5.82 Å². The second kappa shape index (κ2) is 5.16. The van der Waals surface area contributed by atoms with Gasteiger partial charge in [0.15, 0.2) is 0 Å². The van der Waals surface area contributed by atoms with Gasteiger partial charge in [0.25, 0.3) is 0 Å². The van der Waals surface area contributed by atoms with Crippen LogP contribution >= 0.6 is 0 Å². The van der Waals surface area contributed by atoms with Crippen molar-refractivity contribution in [3.05, 3.63) is 42.4 Å². The summed E-state index contributed by atoms with van der Waals surface area (Å²) in [7, 11) is 0. The zero-order valence-electron chi connectivity index (χ0n) is 9.30. The highest BCUT2D eigenvalue weighted by molar-refractivity contribution is 5.55. The zero-order valence-corrected chi connectivity index (χ0v) is 9.30. The lowest BCUT2D eigenvalue weighted by Gasteiger charge is -2.07. The molecule has 0 aliphatic heterocycles. The van der Waals surface area contributed by atoms with Crippen molar-refractivity contribution in [3.8, 4) is 5.75 Å². The number of nitrogen functional groups attached to an aromatic ring is 1. The van der Waals surface area contributed by atoms with Crippen molar-refractivity contribution in [1.82, 2.24) is 9.97 Å². The Morgan fingerprint density at radius 3 is 2.82 bits per heavy atom. The number of nitrogens with two attached hydrogens (primary N) is 1. The van der Waals surface area contributed by atoms with E-state index in [-0.39, 0.29) is 5.75 Å². The molecule has 0 saturated carbocycles. The fourth-order valence-corrected chi connectivity index (χ4v) is 1.47. The minimum absolute atomic E-state index is 0.237. The van der Waals surface area contributed by atoms with Gasteiger partial charge in [-0.3, -0.25) is 0 Å². The zero-order chi connectivity index (χ0) is 12.1. The second-order valence-electron chi connectivity index (χ2n) is 3.59. The molecule has 0 atom stereocenters. The summed E-state index contributed by atoms with van der Waals surface area (Å²) in [5.41, 5.74) is 6.26. The Morgan fingerprint density at radius 2 is 2.06 bits per heavy atom. The number of nitrogens with zero attached hydrogens (tertiary/aromatic N) is 2. The topological polar surface area (TPSA) is 84.1 Å². The highest BCUT2D eigenvalue weighted by Gasteiger charge is 2.00. The fraction of sp³-hybridized carbons (Fsp3) is 0.167. The van der Waals surface area contributed by atoms with Crippen LogP contribution in [0.15, 0.2) is 36.5 Å². The van der Waals surface area contributed by atoms with Crippen molar-refractivity contribution < 1.29 is 5.11 Å². The lowest BCUT2D eigenvalue weighted by Crippen LogP contribution is -2.08. The molecule has 5 heteroatoms. The summed E-state index contributed by atoms with van der Waals surface area (Å²) >= 11 is 0. The molecule has 0 unspecified atom stereocenters. The number of phenolic OH excluding ortho intramolecular Hbond substituents is 1. The first-order valence-corrected chi connectivity index (χ1v) is 5.35. The number of aromatic nitrogens is 2. The minimum Gasteiger partial charge on any atom is -0.506 e. The second-order valence-corrected chi connectivity index (χ2v) is 3.59. The molecule has 17 heavy (non-hydrogen) atoms. The molecule has 1 aromatic carbocycles. The maximum Gasteiger partial charge on any atom is 0.138 e. The van der Waals surface area contributed by atoms with Gasteiger partial charge in [-0.05, 0) is 18.2 Å². The third kappa shape index (κ3) is 3.07. The maximum absolute atomic E-state index is 9.54. The van der Waals surface area contributed by atoms with Crippen LogP contribution in [0.4, 0.5) is 11.5 Å². The van der Waals surface area contributed by atoms with Gasteiger partial charge in [0.05, 0.1) is 5.69 Å². The third-order valence-corrected chi connectivity index (χ3v) is 2.30. The van der Waals surface area contributed by atoms with Gasteiger partial charge in [0.1, 0.15) is 17.4 Å². The highest BCUT2D eigenvalue weighted by Crippen LogP contribution is 2.21. The number of para-hydroxylation sites is 2. The van der Waals surface area contributed by atoms with Crippen LogP contribution in [0.5, 0.6) is 5.75 Å². The largest absolute Gasteiger partial charge is 0.506 e. The first-order valence-electron chi connectivity index (χ1n) is 5.35. The molecule has 0 saturated heterocycles. The average molecular weight is 230 g/mol.